The molecule has 20 heavy (non-hydrogen) atoms. The van der Waals surface area contributed by atoms with Crippen molar-refractivity contribution in [2.75, 3.05) is 11.4 Å². The normalized spacial score (nSPS) is 23.2. The van der Waals surface area contributed by atoms with Crippen LogP contribution in [0.25, 0.3) is 10.9 Å². The highest BCUT2D eigenvalue weighted by molar-refractivity contribution is 6.17. The maximum atomic E-state index is 6.02. The van der Waals surface area contributed by atoms with E-state index >= 15 is 0 Å². The fourth-order valence-corrected chi connectivity index (χ4v) is 3.33. The Bertz CT molecular complexity index is 611. The molecule has 0 spiro atoms. The lowest BCUT2D eigenvalue weighted by Gasteiger charge is -2.40. The minimum absolute atomic E-state index is 0.468. The van der Waals surface area contributed by atoms with Gasteiger partial charge in [-0.15, -0.1) is 11.6 Å². The van der Waals surface area contributed by atoms with E-state index in [0.717, 1.165) is 23.7 Å². The number of piperidine rings is 1. The zero-order valence-corrected chi connectivity index (χ0v) is 12.9. The van der Waals surface area contributed by atoms with Gasteiger partial charge in [0.05, 0.1) is 17.1 Å². The molecule has 0 aliphatic carbocycles. The van der Waals surface area contributed by atoms with E-state index < -0.39 is 0 Å². The molecule has 2 unspecified atom stereocenters. The fourth-order valence-electron chi connectivity index (χ4n) is 3.19. The third kappa shape index (κ3) is 2.37. The highest BCUT2D eigenvalue weighted by Gasteiger charge is 2.26. The maximum Gasteiger partial charge on any atom is 0.0726 e. The second kappa shape index (κ2) is 5.61. The zero-order chi connectivity index (χ0) is 14.1. The van der Waals surface area contributed by atoms with Crippen LogP contribution >= 0.6 is 11.6 Å². The van der Waals surface area contributed by atoms with E-state index in [2.05, 4.69) is 48.0 Å². The number of pyridine rings is 1. The smallest absolute Gasteiger partial charge is 0.0726 e. The highest BCUT2D eigenvalue weighted by atomic mass is 35.5. The van der Waals surface area contributed by atoms with Gasteiger partial charge in [0.1, 0.15) is 0 Å². The van der Waals surface area contributed by atoms with Gasteiger partial charge in [0, 0.05) is 23.7 Å². The van der Waals surface area contributed by atoms with Crippen LogP contribution in [0, 0.1) is 5.92 Å². The van der Waals surface area contributed by atoms with Crippen molar-refractivity contribution in [3.63, 3.8) is 0 Å². The van der Waals surface area contributed by atoms with Crippen LogP contribution in [-0.4, -0.2) is 17.6 Å². The van der Waals surface area contributed by atoms with Crippen molar-refractivity contribution < 1.29 is 0 Å². The predicted octanol–water partition coefficient (Wildman–Crippen LogP) is 4.60. The van der Waals surface area contributed by atoms with Crippen molar-refractivity contribution in [1.29, 1.82) is 0 Å². The van der Waals surface area contributed by atoms with E-state index in [1.807, 2.05) is 6.07 Å². The molecule has 0 radical (unpaired) electrons. The molecule has 2 aromatic rings. The third-order valence-corrected chi connectivity index (χ3v) is 4.84. The van der Waals surface area contributed by atoms with Crippen molar-refractivity contribution in [3.05, 3.63) is 36.0 Å². The molecule has 0 saturated carbocycles. The van der Waals surface area contributed by atoms with Gasteiger partial charge in [-0.1, -0.05) is 25.1 Å². The van der Waals surface area contributed by atoms with Crippen molar-refractivity contribution >= 4 is 28.2 Å². The largest absolute Gasteiger partial charge is 0.368 e. The molecule has 1 aromatic carbocycles. The van der Waals surface area contributed by atoms with Crippen molar-refractivity contribution in [2.45, 2.75) is 38.6 Å². The van der Waals surface area contributed by atoms with E-state index in [1.165, 1.54) is 23.9 Å². The lowest BCUT2D eigenvalue weighted by Crippen LogP contribution is -2.42. The van der Waals surface area contributed by atoms with E-state index in [9.17, 15) is 0 Å². The van der Waals surface area contributed by atoms with Crippen molar-refractivity contribution in [1.82, 2.24) is 4.98 Å². The molecule has 2 atom stereocenters. The average Bonchev–Trinajstić information content (AvgIpc) is 2.49. The zero-order valence-electron chi connectivity index (χ0n) is 12.1. The summed E-state index contributed by atoms with van der Waals surface area (Å²) in [7, 11) is 0. The number of halogens is 1. The van der Waals surface area contributed by atoms with E-state index in [1.54, 1.807) is 0 Å². The van der Waals surface area contributed by atoms with Gasteiger partial charge in [-0.3, -0.25) is 4.98 Å². The van der Waals surface area contributed by atoms with Crippen molar-refractivity contribution in [3.8, 4) is 0 Å². The molecule has 1 aliphatic heterocycles. The monoisotopic (exact) mass is 288 g/mol. The lowest BCUT2D eigenvalue weighted by atomic mass is 9.91. The summed E-state index contributed by atoms with van der Waals surface area (Å²) in [4.78, 5) is 7.17. The first-order valence-corrected chi connectivity index (χ1v) is 7.95. The summed E-state index contributed by atoms with van der Waals surface area (Å²) in [6.07, 6.45) is 2.58. The van der Waals surface area contributed by atoms with Gasteiger partial charge in [0.25, 0.3) is 0 Å². The third-order valence-electron chi connectivity index (χ3n) is 4.57. The number of para-hydroxylation sites is 1. The molecular formula is C17H21ClN2. The molecule has 106 valence electrons. The number of benzene rings is 1. The second-order valence-electron chi connectivity index (χ2n) is 5.84. The summed E-state index contributed by atoms with van der Waals surface area (Å²) in [6, 6.07) is 11.1. The lowest BCUT2D eigenvalue weighted by molar-refractivity contribution is 0.364. The standard InChI is InChI=1S/C17H21ClN2/c1-12-6-5-9-20(13(12)2)17-10-14(11-18)19-16-8-4-3-7-15(16)17/h3-4,7-8,10,12-13H,5-6,9,11H2,1-2H3. The molecule has 3 heteroatoms. The van der Waals surface area contributed by atoms with Gasteiger partial charge in [-0.2, -0.15) is 0 Å². The maximum absolute atomic E-state index is 6.02. The summed E-state index contributed by atoms with van der Waals surface area (Å²) in [5.74, 6) is 1.20. The van der Waals surface area contributed by atoms with Crippen LogP contribution in [0.5, 0.6) is 0 Å². The summed E-state index contributed by atoms with van der Waals surface area (Å²) >= 11 is 6.02. The Morgan fingerprint density at radius 2 is 2.10 bits per heavy atom. The number of hydrogen-bond donors (Lipinski definition) is 0. The van der Waals surface area contributed by atoms with Crippen LogP contribution in [-0.2, 0) is 5.88 Å². The van der Waals surface area contributed by atoms with Crippen LogP contribution in [0.4, 0.5) is 5.69 Å². The van der Waals surface area contributed by atoms with E-state index in [-0.39, 0.29) is 0 Å². The molecule has 3 rings (SSSR count). The number of hydrogen-bond acceptors (Lipinski definition) is 2. The minimum Gasteiger partial charge on any atom is -0.368 e. The topological polar surface area (TPSA) is 16.1 Å². The Morgan fingerprint density at radius 1 is 1.30 bits per heavy atom. The second-order valence-corrected chi connectivity index (χ2v) is 6.10. The molecule has 1 fully saturated rings. The predicted molar refractivity (Wildman–Crippen MR) is 86.5 cm³/mol. The first-order chi connectivity index (χ1) is 9.70. The van der Waals surface area contributed by atoms with Crippen LogP contribution in [0.15, 0.2) is 30.3 Å². The van der Waals surface area contributed by atoms with E-state index in [4.69, 9.17) is 11.6 Å². The quantitative estimate of drug-likeness (QED) is 0.751. The summed E-state index contributed by atoms with van der Waals surface area (Å²) in [5.41, 5.74) is 3.31. The number of rotatable bonds is 2. The Kier molecular flexibility index (Phi) is 3.84. The highest BCUT2D eigenvalue weighted by Crippen LogP contribution is 2.33. The van der Waals surface area contributed by atoms with Gasteiger partial charge >= 0.3 is 0 Å². The number of nitrogens with zero attached hydrogens (tertiary/aromatic N) is 2. The molecule has 0 amide bonds. The number of aromatic nitrogens is 1. The Labute approximate surface area is 125 Å². The molecule has 1 aliphatic rings. The summed E-state index contributed by atoms with van der Waals surface area (Å²) < 4.78 is 0. The van der Waals surface area contributed by atoms with Gasteiger partial charge in [-0.05, 0) is 37.8 Å². The van der Waals surface area contributed by atoms with E-state index in [0.29, 0.717) is 11.9 Å². The van der Waals surface area contributed by atoms with Crippen LogP contribution in [0.2, 0.25) is 0 Å². The Balaban J connectivity index is 2.13. The molecule has 2 heterocycles. The van der Waals surface area contributed by atoms with Gasteiger partial charge < -0.3 is 4.90 Å². The summed E-state index contributed by atoms with van der Waals surface area (Å²) in [6.45, 7) is 5.81. The first-order valence-electron chi connectivity index (χ1n) is 7.42. The van der Waals surface area contributed by atoms with Gasteiger partial charge in [0.2, 0.25) is 0 Å². The molecule has 1 aromatic heterocycles. The molecule has 0 N–H and O–H groups in total. The fraction of sp³-hybridized carbons (Fsp3) is 0.471. The average molecular weight is 289 g/mol. The molecule has 2 nitrogen and oxygen atoms in total. The number of alkyl halides is 1. The van der Waals surface area contributed by atoms with Crippen LogP contribution < -0.4 is 4.90 Å². The minimum atomic E-state index is 0.468. The Hall–Kier alpha value is -1.28. The van der Waals surface area contributed by atoms with Crippen LogP contribution in [0.1, 0.15) is 32.4 Å². The summed E-state index contributed by atoms with van der Waals surface area (Å²) in [5, 5.41) is 1.24. The molecule has 1 saturated heterocycles. The number of anilines is 1. The van der Waals surface area contributed by atoms with Gasteiger partial charge in [0.15, 0.2) is 0 Å². The first kappa shape index (κ1) is 13.7. The number of fused-ring (bicyclic) bond motifs is 1. The molecular weight excluding hydrogens is 268 g/mol. The SMILES string of the molecule is CC1CCCN(c2cc(CCl)nc3ccccc23)C1C. The van der Waals surface area contributed by atoms with Gasteiger partial charge in [-0.25, -0.2) is 0 Å². The van der Waals surface area contributed by atoms with Crippen LogP contribution in [0.3, 0.4) is 0 Å². The Morgan fingerprint density at radius 3 is 2.90 bits per heavy atom. The molecule has 0 bridgehead atoms. The van der Waals surface area contributed by atoms with Crippen molar-refractivity contribution in [2.24, 2.45) is 5.92 Å².